The highest BCUT2D eigenvalue weighted by Gasteiger charge is 2.31. The lowest BCUT2D eigenvalue weighted by Crippen LogP contribution is -2.51. The largest absolute Gasteiger partial charge is 0.480 e. The van der Waals surface area contributed by atoms with Crippen LogP contribution in [0.4, 0.5) is 4.79 Å². The molecule has 1 fully saturated rings. The van der Waals surface area contributed by atoms with Crippen LogP contribution in [0.3, 0.4) is 0 Å². The van der Waals surface area contributed by atoms with Crippen LogP contribution in [0.25, 0.3) is 0 Å². The van der Waals surface area contributed by atoms with Crippen LogP contribution in [0.15, 0.2) is 0 Å². The van der Waals surface area contributed by atoms with Crippen molar-refractivity contribution in [3.63, 3.8) is 0 Å². The molecule has 0 spiro atoms. The van der Waals surface area contributed by atoms with Crippen molar-refractivity contribution in [2.75, 3.05) is 13.1 Å². The third kappa shape index (κ3) is 4.11. The lowest BCUT2D eigenvalue weighted by molar-refractivity contribution is -0.144. The first kappa shape index (κ1) is 16.3. The smallest absolute Gasteiger partial charge is 0.326 e. The molecule has 3 atom stereocenters. The summed E-state index contributed by atoms with van der Waals surface area (Å²) in [7, 11) is 0. The van der Waals surface area contributed by atoms with E-state index in [0.717, 1.165) is 0 Å². The van der Waals surface area contributed by atoms with E-state index in [1.165, 1.54) is 4.90 Å². The zero-order valence-corrected chi connectivity index (χ0v) is 12.0. The average Bonchev–Trinajstić information content (AvgIpc) is 2.43. The molecule has 0 saturated carbocycles. The maximum absolute atomic E-state index is 12.1. The van der Waals surface area contributed by atoms with Crippen molar-refractivity contribution in [3.05, 3.63) is 0 Å². The average molecular weight is 285 g/mol. The van der Waals surface area contributed by atoms with Crippen LogP contribution in [-0.2, 0) is 9.59 Å². The van der Waals surface area contributed by atoms with Gasteiger partial charge in [0, 0.05) is 13.1 Å². The maximum atomic E-state index is 12.1. The number of aliphatic carboxylic acids is 1. The summed E-state index contributed by atoms with van der Waals surface area (Å²) >= 11 is 0. The maximum Gasteiger partial charge on any atom is 0.326 e. The number of carbonyl (C=O) groups is 3. The van der Waals surface area contributed by atoms with E-state index in [0.29, 0.717) is 25.8 Å². The molecule has 1 aliphatic heterocycles. The molecule has 0 aromatic heterocycles. The van der Waals surface area contributed by atoms with Gasteiger partial charge in [0.1, 0.15) is 6.04 Å². The van der Waals surface area contributed by atoms with E-state index in [9.17, 15) is 14.4 Å². The monoisotopic (exact) mass is 285 g/mol. The van der Waals surface area contributed by atoms with Crippen LogP contribution in [0.5, 0.6) is 0 Å². The Bertz CT molecular complexity index is 386. The van der Waals surface area contributed by atoms with E-state index < -0.39 is 18.0 Å². The standard InChI is InChI=1S/C13H23N3O4/c1-3-8(2)10(12(18)19)15-11(17)9-5-4-6-16(7-9)13(14)20/h8-10H,3-7H2,1-2H3,(H2,14,20)(H,15,17)(H,18,19)/t8-,9?,10-/m0/s1. The molecular weight excluding hydrogens is 262 g/mol. The quantitative estimate of drug-likeness (QED) is 0.678. The van der Waals surface area contributed by atoms with E-state index in [2.05, 4.69) is 5.32 Å². The Labute approximate surface area is 118 Å². The molecule has 1 saturated heterocycles. The van der Waals surface area contributed by atoms with Crippen molar-refractivity contribution in [1.29, 1.82) is 0 Å². The first-order valence-electron chi connectivity index (χ1n) is 6.94. The fourth-order valence-corrected chi connectivity index (χ4v) is 2.35. The van der Waals surface area contributed by atoms with Crippen molar-refractivity contribution in [3.8, 4) is 0 Å². The number of hydrogen-bond acceptors (Lipinski definition) is 3. The zero-order chi connectivity index (χ0) is 15.3. The zero-order valence-electron chi connectivity index (χ0n) is 12.0. The fourth-order valence-electron chi connectivity index (χ4n) is 2.35. The Kier molecular flexibility index (Phi) is 5.79. The van der Waals surface area contributed by atoms with E-state index in [1.54, 1.807) is 6.92 Å². The molecule has 0 aromatic rings. The summed E-state index contributed by atoms with van der Waals surface area (Å²) in [4.78, 5) is 35.9. The lowest BCUT2D eigenvalue weighted by atomic mass is 9.94. The molecular formula is C13H23N3O4. The van der Waals surface area contributed by atoms with Gasteiger partial charge in [-0.2, -0.15) is 0 Å². The molecule has 4 N–H and O–H groups in total. The third-order valence-corrected chi connectivity index (χ3v) is 3.88. The normalized spacial score (nSPS) is 21.9. The van der Waals surface area contributed by atoms with Crippen molar-refractivity contribution in [2.45, 2.75) is 39.2 Å². The van der Waals surface area contributed by atoms with Crippen LogP contribution >= 0.6 is 0 Å². The topological polar surface area (TPSA) is 113 Å². The number of likely N-dealkylation sites (tertiary alicyclic amines) is 1. The van der Waals surface area contributed by atoms with Gasteiger partial charge in [-0.05, 0) is 18.8 Å². The van der Waals surface area contributed by atoms with Gasteiger partial charge in [-0.25, -0.2) is 9.59 Å². The van der Waals surface area contributed by atoms with E-state index >= 15 is 0 Å². The van der Waals surface area contributed by atoms with Gasteiger partial charge in [0.25, 0.3) is 0 Å². The molecule has 0 aromatic carbocycles. The van der Waals surface area contributed by atoms with Crippen molar-refractivity contribution < 1.29 is 19.5 Å². The number of carbonyl (C=O) groups excluding carboxylic acids is 2. The molecule has 3 amide bonds. The molecule has 1 aliphatic rings. The van der Waals surface area contributed by atoms with E-state index in [4.69, 9.17) is 10.8 Å². The summed E-state index contributed by atoms with van der Waals surface area (Å²) in [6, 6.07) is -1.43. The molecule has 0 bridgehead atoms. The lowest BCUT2D eigenvalue weighted by Gasteiger charge is -2.32. The summed E-state index contributed by atoms with van der Waals surface area (Å²) < 4.78 is 0. The van der Waals surface area contributed by atoms with Crippen molar-refractivity contribution in [2.24, 2.45) is 17.6 Å². The molecule has 1 unspecified atom stereocenters. The fraction of sp³-hybridized carbons (Fsp3) is 0.769. The predicted molar refractivity (Wildman–Crippen MR) is 72.9 cm³/mol. The molecule has 1 rings (SSSR count). The highest BCUT2D eigenvalue weighted by atomic mass is 16.4. The highest BCUT2D eigenvalue weighted by molar-refractivity contribution is 5.85. The minimum absolute atomic E-state index is 0.146. The van der Waals surface area contributed by atoms with Gasteiger partial charge in [0.15, 0.2) is 0 Å². The van der Waals surface area contributed by atoms with Gasteiger partial charge >= 0.3 is 12.0 Å². The molecule has 0 aliphatic carbocycles. The van der Waals surface area contributed by atoms with Gasteiger partial charge in [-0.3, -0.25) is 4.79 Å². The number of piperidine rings is 1. The summed E-state index contributed by atoms with van der Waals surface area (Å²) in [5.74, 6) is -1.88. The van der Waals surface area contributed by atoms with Crippen molar-refractivity contribution >= 4 is 17.9 Å². The number of hydrogen-bond donors (Lipinski definition) is 3. The van der Waals surface area contributed by atoms with Gasteiger partial charge in [-0.15, -0.1) is 0 Å². The second kappa shape index (κ2) is 7.12. The minimum Gasteiger partial charge on any atom is -0.480 e. The summed E-state index contributed by atoms with van der Waals surface area (Å²) in [6.07, 6.45) is 2.00. The van der Waals surface area contributed by atoms with Crippen LogP contribution < -0.4 is 11.1 Å². The molecule has 114 valence electrons. The second-order valence-electron chi connectivity index (χ2n) is 5.33. The molecule has 0 radical (unpaired) electrons. The number of urea groups is 1. The van der Waals surface area contributed by atoms with Crippen LogP contribution in [0, 0.1) is 11.8 Å². The van der Waals surface area contributed by atoms with Gasteiger partial charge in [0.2, 0.25) is 5.91 Å². The van der Waals surface area contributed by atoms with E-state index in [-0.39, 0.29) is 24.3 Å². The van der Waals surface area contributed by atoms with Gasteiger partial charge in [-0.1, -0.05) is 20.3 Å². The van der Waals surface area contributed by atoms with Gasteiger partial charge < -0.3 is 21.1 Å². The highest BCUT2D eigenvalue weighted by Crippen LogP contribution is 2.17. The Morgan fingerprint density at radius 2 is 2.10 bits per heavy atom. The van der Waals surface area contributed by atoms with E-state index in [1.807, 2.05) is 6.92 Å². The van der Waals surface area contributed by atoms with Crippen LogP contribution in [0.1, 0.15) is 33.1 Å². The second-order valence-corrected chi connectivity index (χ2v) is 5.33. The Balaban J connectivity index is 2.64. The number of rotatable bonds is 5. The Morgan fingerprint density at radius 1 is 1.45 bits per heavy atom. The molecule has 1 heterocycles. The number of nitrogens with zero attached hydrogens (tertiary/aromatic N) is 1. The number of nitrogens with two attached hydrogens (primary N) is 1. The number of primary amides is 1. The first-order valence-corrected chi connectivity index (χ1v) is 6.94. The summed E-state index contributed by atoms with van der Waals surface area (Å²) in [5, 5.41) is 11.7. The summed E-state index contributed by atoms with van der Waals surface area (Å²) in [5.41, 5.74) is 5.21. The number of amides is 3. The van der Waals surface area contributed by atoms with Crippen LogP contribution in [0.2, 0.25) is 0 Å². The van der Waals surface area contributed by atoms with Gasteiger partial charge in [0.05, 0.1) is 5.92 Å². The Hall–Kier alpha value is -1.79. The Morgan fingerprint density at radius 3 is 2.60 bits per heavy atom. The first-order chi connectivity index (χ1) is 9.36. The molecule has 7 nitrogen and oxygen atoms in total. The number of carboxylic acids is 1. The third-order valence-electron chi connectivity index (χ3n) is 3.88. The molecule has 7 heteroatoms. The minimum atomic E-state index is -1.03. The summed E-state index contributed by atoms with van der Waals surface area (Å²) in [6.45, 7) is 4.47. The SMILES string of the molecule is CC[C@H](C)[C@H](NC(=O)C1CCCN(C(N)=O)C1)C(=O)O. The van der Waals surface area contributed by atoms with Crippen LogP contribution in [-0.4, -0.2) is 47.0 Å². The molecule has 20 heavy (non-hydrogen) atoms. The number of carboxylic acid groups (broad SMARTS) is 1. The predicted octanol–water partition coefficient (Wildman–Crippen LogP) is 0.393. The van der Waals surface area contributed by atoms with Crippen molar-refractivity contribution in [1.82, 2.24) is 10.2 Å². The number of nitrogens with one attached hydrogen (secondary N) is 1.